The zero-order valence-corrected chi connectivity index (χ0v) is 13.6. The van der Waals surface area contributed by atoms with E-state index < -0.39 is 5.79 Å². The largest absolute Gasteiger partial charge is 0.401 e. The predicted octanol–water partition coefficient (Wildman–Crippen LogP) is 3.40. The van der Waals surface area contributed by atoms with Crippen LogP contribution in [0.25, 0.3) is 0 Å². The lowest BCUT2D eigenvalue weighted by Crippen LogP contribution is -2.28. The summed E-state index contributed by atoms with van der Waals surface area (Å²) in [5.41, 5.74) is 9.44. The van der Waals surface area contributed by atoms with Gasteiger partial charge < -0.3 is 15.2 Å². The second-order valence-electron chi connectivity index (χ2n) is 5.80. The smallest absolute Gasteiger partial charge is 0.222 e. The Hall–Kier alpha value is -2.61. The van der Waals surface area contributed by atoms with E-state index in [0.29, 0.717) is 18.9 Å². The van der Waals surface area contributed by atoms with E-state index in [1.165, 1.54) is 6.08 Å². The van der Waals surface area contributed by atoms with Gasteiger partial charge in [-0.2, -0.15) is 5.26 Å². The molecule has 2 aromatic carbocycles. The zero-order chi connectivity index (χ0) is 17.0. The molecule has 4 heteroatoms. The number of nitriles is 1. The molecule has 24 heavy (non-hydrogen) atoms. The summed E-state index contributed by atoms with van der Waals surface area (Å²) in [6.45, 7) is 3.07. The van der Waals surface area contributed by atoms with Gasteiger partial charge in [0.25, 0.3) is 0 Å². The maximum Gasteiger partial charge on any atom is 0.222 e. The van der Waals surface area contributed by atoms with E-state index >= 15 is 0 Å². The number of rotatable bonds is 4. The van der Waals surface area contributed by atoms with Crippen molar-refractivity contribution < 1.29 is 9.47 Å². The highest BCUT2D eigenvalue weighted by Crippen LogP contribution is 2.39. The van der Waals surface area contributed by atoms with Crippen LogP contribution < -0.4 is 5.73 Å². The van der Waals surface area contributed by atoms with Gasteiger partial charge in [0.05, 0.1) is 19.3 Å². The Balaban J connectivity index is 2.04. The van der Waals surface area contributed by atoms with Crippen molar-refractivity contribution in [2.75, 3.05) is 13.2 Å². The first kappa shape index (κ1) is 16.3. The Morgan fingerprint density at radius 1 is 1.12 bits per heavy atom. The van der Waals surface area contributed by atoms with Gasteiger partial charge in [-0.1, -0.05) is 55.5 Å². The van der Waals surface area contributed by atoms with Crippen LogP contribution in [0.15, 0.2) is 66.4 Å². The average molecular weight is 320 g/mol. The summed E-state index contributed by atoms with van der Waals surface area (Å²) in [5, 5.41) is 8.80. The van der Waals surface area contributed by atoms with E-state index in [1.807, 2.05) is 67.6 Å². The molecular weight excluding hydrogens is 300 g/mol. The van der Waals surface area contributed by atoms with Gasteiger partial charge in [0.2, 0.25) is 5.79 Å². The summed E-state index contributed by atoms with van der Waals surface area (Å²) in [6, 6.07) is 19.9. The molecule has 1 aliphatic rings. The lowest BCUT2D eigenvalue weighted by atomic mass is 9.91. The maximum atomic E-state index is 8.80. The van der Waals surface area contributed by atoms with Gasteiger partial charge in [0.15, 0.2) is 0 Å². The molecule has 0 bridgehead atoms. The lowest BCUT2D eigenvalue weighted by Gasteiger charge is -2.29. The molecule has 3 rings (SSSR count). The van der Waals surface area contributed by atoms with Gasteiger partial charge in [-0.25, -0.2) is 0 Å². The third-order valence-corrected chi connectivity index (χ3v) is 4.35. The fraction of sp³-hybridized carbons (Fsp3) is 0.250. The molecule has 0 saturated carbocycles. The van der Waals surface area contributed by atoms with E-state index in [0.717, 1.165) is 16.7 Å². The van der Waals surface area contributed by atoms with Crippen LogP contribution in [0.2, 0.25) is 0 Å². The zero-order valence-electron chi connectivity index (χ0n) is 13.6. The first-order valence-corrected chi connectivity index (χ1v) is 7.96. The molecule has 2 N–H and O–H groups in total. The minimum absolute atomic E-state index is 0.0566. The van der Waals surface area contributed by atoms with E-state index in [9.17, 15) is 0 Å². The van der Waals surface area contributed by atoms with Crippen molar-refractivity contribution in [1.29, 1.82) is 5.26 Å². The second kappa shape index (κ2) is 6.88. The fourth-order valence-electron chi connectivity index (χ4n) is 2.97. The van der Waals surface area contributed by atoms with Crippen molar-refractivity contribution >= 4 is 0 Å². The third-order valence-electron chi connectivity index (χ3n) is 4.35. The van der Waals surface area contributed by atoms with Crippen molar-refractivity contribution in [2.24, 2.45) is 5.73 Å². The minimum atomic E-state index is -0.884. The number of nitrogens with zero attached hydrogens (tertiary/aromatic N) is 1. The van der Waals surface area contributed by atoms with Crippen molar-refractivity contribution in [3.63, 3.8) is 0 Å². The van der Waals surface area contributed by atoms with Gasteiger partial charge in [0, 0.05) is 28.8 Å². The second-order valence-corrected chi connectivity index (χ2v) is 5.80. The molecule has 1 unspecified atom stereocenters. The molecule has 0 aliphatic carbocycles. The van der Waals surface area contributed by atoms with Crippen LogP contribution in [0.1, 0.15) is 29.5 Å². The molecular formula is C20H20N2O2. The van der Waals surface area contributed by atoms with Crippen LogP contribution in [-0.4, -0.2) is 13.2 Å². The first-order valence-electron chi connectivity index (χ1n) is 7.96. The summed E-state index contributed by atoms with van der Waals surface area (Å²) in [7, 11) is 0. The molecule has 0 aromatic heterocycles. The maximum absolute atomic E-state index is 8.80. The van der Waals surface area contributed by atoms with Gasteiger partial charge >= 0.3 is 0 Å². The number of allylic oxidation sites excluding steroid dienone is 2. The van der Waals surface area contributed by atoms with E-state index in [1.54, 1.807) is 0 Å². The van der Waals surface area contributed by atoms with Crippen LogP contribution >= 0.6 is 0 Å². The molecule has 0 amide bonds. The topological polar surface area (TPSA) is 68.3 Å². The summed E-state index contributed by atoms with van der Waals surface area (Å²) < 4.78 is 12.1. The van der Waals surface area contributed by atoms with Crippen molar-refractivity contribution in [2.45, 2.75) is 18.6 Å². The number of hydrogen-bond acceptors (Lipinski definition) is 4. The van der Waals surface area contributed by atoms with Gasteiger partial charge in [0.1, 0.15) is 0 Å². The Morgan fingerprint density at radius 3 is 2.46 bits per heavy atom. The van der Waals surface area contributed by atoms with Crippen LogP contribution in [-0.2, 0) is 15.3 Å². The van der Waals surface area contributed by atoms with Crippen LogP contribution in [0.5, 0.6) is 0 Å². The Kier molecular flexibility index (Phi) is 4.66. The number of ether oxygens (including phenoxy) is 2. The van der Waals surface area contributed by atoms with E-state index in [4.69, 9.17) is 20.5 Å². The Labute approximate surface area is 142 Å². The number of nitrogens with two attached hydrogens (primary N) is 1. The molecule has 0 radical (unpaired) electrons. The van der Waals surface area contributed by atoms with E-state index in [-0.39, 0.29) is 5.92 Å². The van der Waals surface area contributed by atoms with Crippen molar-refractivity contribution in [3.8, 4) is 6.07 Å². The minimum Gasteiger partial charge on any atom is -0.401 e. The highest BCUT2D eigenvalue weighted by atomic mass is 16.7. The molecule has 1 atom stereocenters. The average Bonchev–Trinajstić information content (AvgIpc) is 3.13. The summed E-state index contributed by atoms with van der Waals surface area (Å²) in [6.07, 6.45) is 1.38. The molecule has 4 nitrogen and oxygen atoms in total. The number of benzene rings is 2. The normalized spacial score (nSPS) is 18.1. The highest BCUT2D eigenvalue weighted by Gasteiger charge is 2.40. The molecule has 0 spiro atoms. The Bertz CT molecular complexity index is 772. The van der Waals surface area contributed by atoms with Crippen LogP contribution in [0.3, 0.4) is 0 Å². The SMILES string of the molecule is CC(C(N)=CC#N)c1cccc(C2(c3ccccc3)OCCO2)c1. The molecule has 122 valence electrons. The third kappa shape index (κ3) is 2.92. The molecule has 1 aliphatic heterocycles. The van der Waals surface area contributed by atoms with Crippen molar-refractivity contribution in [3.05, 3.63) is 83.1 Å². The fourth-order valence-corrected chi connectivity index (χ4v) is 2.97. The lowest BCUT2D eigenvalue weighted by molar-refractivity contribution is -0.129. The monoisotopic (exact) mass is 320 g/mol. The molecule has 1 saturated heterocycles. The first-order chi connectivity index (χ1) is 11.7. The van der Waals surface area contributed by atoms with Crippen molar-refractivity contribution in [1.82, 2.24) is 0 Å². The molecule has 2 aromatic rings. The highest BCUT2D eigenvalue weighted by molar-refractivity contribution is 5.39. The van der Waals surface area contributed by atoms with Gasteiger partial charge in [-0.05, 0) is 11.6 Å². The van der Waals surface area contributed by atoms with Gasteiger partial charge in [-0.3, -0.25) is 0 Å². The summed E-state index contributed by atoms with van der Waals surface area (Å²) in [4.78, 5) is 0. The summed E-state index contributed by atoms with van der Waals surface area (Å²) >= 11 is 0. The van der Waals surface area contributed by atoms with Crippen LogP contribution in [0, 0.1) is 11.3 Å². The Morgan fingerprint density at radius 2 is 1.79 bits per heavy atom. The molecule has 1 fully saturated rings. The van der Waals surface area contributed by atoms with E-state index in [2.05, 4.69) is 0 Å². The molecule has 1 heterocycles. The van der Waals surface area contributed by atoms with Gasteiger partial charge in [-0.15, -0.1) is 0 Å². The number of hydrogen-bond donors (Lipinski definition) is 1. The predicted molar refractivity (Wildman–Crippen MR) is 91.9 cm³/mol. The quantitative estimate of drug-likeness (QED) is 0.877. The standard InChI is InChI=1S/C20H20N2O2/c1-15(19(22)10-11-21)16-6-5-9-18(14-16)20(23-12-13-24-20)17-7-3-2-4-8-17/h2-10,14-15H,12-13,22H2,1H3. The summed E-state index contributed by atoms with van der Waals surface area (Å²) in [5.74, 6) is -0.941. The van der Waals surface area contributed by atoms with Crippen LogP contribution in [0.4, 0.5) is 0 Å².